The fourth-order valence-corrected chi connectivity index (χ4v) is 6.61. The van der Waals surface area contributed by atoms with Gasteiger partial charge in [0, 0.05) is 5.56 Å². The van der Waals surface area contributed by atoms with Gasteiger partial charge in [-0.15, -0.1) is 0 Å². The Hall–Kier alpha value is -1.97. The molecule has 0 heterocycles. The zero-order chi connectivity index (χ0) is 36.1. The molecule has 1 aromatic rings. The topological polar surface area (TPSA) is 0 Å². The summed E-state index contributed by atoms with van der Waals surface area (Å²) < 4.78 is 231. The first-order valence-corrected chi connectivity index (χ1v) is 15.0. The van der Waals surface area contributed by atoms with Crippen LogP contribution in [-0.2, 0) is 12.3 Å². The van der Waals surface area contributed by atoms with Crippen molar-refractivity contribution in [3.8, 4) is 0 Å². The van der Waals surface area contributed by atoms with Crippen molar-refractivity contribution < 1.29 is 74.6 Å². The van der Waals surface area contributed by atoms with Crippen molar-refractivity contribution >= 4 is 0 Å². The third-order valence-electron chi connectivity index (χ3n) is 9.91. The van der Waals surface area contributed by atoms with E-state index in [1.165, 1.54) is 25.7 Å². The van der Waals surface area contributed by atoms with Crippen molar-refractivity contribution in [3.63, 3.8) is 0 Å². The molecule has 1 aromatic carbocycles. The summed E-state index contributed by atoms with van der Waals surface area (Å²) in [6.45, 7) is 2.17. The second-order valence-corrected chi connectivity index (χ2v) is 12.7. The van der Waals surface area contributed by atoms with Crippen LogP contribution >= 0.6 is 0 Å². The second-order valence-electron chi connectivity index (χ2n) is 12.7. The Kier molecular flexibility index (Phi) is 11.0. The molecular formula is C30H33F17. The maximum Gasteiger partial charge on any atom is 0.460 e. The molecule has 17 heteroatoms. The van der Waals surface area contributed by atoms with Gasteiger partial charge in [0.1, 0.15) is 0 Å². The molecule has 0 spiro atoms. The monoisotopic (exact) mass is 716 g/mol. The Morgan fingerprint density at radius 3 is 1.21 bits per heavy atom. The van der Waals surface area contributed by atoms with E-state index >= 15 is 0 Å². The van der Waals surface area contributed by atoms with Crippen molar-refractivity contribution in [2.75, 3.05) is 0 Å². The zero-order valence-electron chi connectivity index (χ0n) is 24.8. The number of hydrogen-bond donors (Lipinski definition) is 0. The summed E-state index contributed by atoms with van der Waals surface area (Å²) in [5.41, 5.74) is -1.96. The lowest BCUT2D eigenvalue weighted by molar-refractivity contribution is -0.462. The van der Waals surface area contributed by atoms with Crippen LogP contribution in [0.5, 0.6) is 0 Å². The number of hydrogen-bond acceptors (Lipinski definition) is 0. The van der Waals surface area contributed by atoms with E-state index in [2.05, 4.69) is 6.92 Å². The molecule has 0 radical (unpaired) electrons. The summed E-state index contributed by atoms with van der Waals surface area (Å²) in [7, 11) is 0. The van der Waals surface area contributed by atoms with Gasteiger partial charge < -0.3 is 0 Å². The summed E-state index contributed by atoms with van der Waals surface area (Å²) in [5, 5.41) is 0. The van der Waals surface area contributed by atoms with Crippen molar-refractivity contribution in [1.29, 1.82) is 0 Å². The fourth-order valence-electron chi connectivity index (χ4n) is 6.61. The first kappa shape index (κ1) is 39.5. The molecule has 2 aliphatic carbocycles. The summed E-state index contributed by atoms with van der Waals surface area (Å²) in [4.78, 5) is 0. The van der Waals surface area contributed by atoms with Crippen molar-refractivity contribution in [1.82, 2.24) is 0 Å². The van der Waals surface area contributed by atoms with Crippen molar-refractivity contribution in [2.45, 2.75) is 125 Å². The molecule has 47 heavy (non-hydrogen) atoms. The lowest BCUT2D eigenvalue weighted by atomic mass is 9.68. The van der Waals surface area contributed by atoms with Crippen LogP contribution in [0.2, 0.25) is 0 Å². The van der Waals surface area contributed by atoms with E-state index in [1.807, 2.05) is 0 Å². The molecule has 272 valence electrons. The average molecular weight is 717 g/mol. The summed E-state index contributed by atoms with van der Waals surface area (Å²) >= 11 is 0. The van der Waals surface area contributed by atoms with E-state index in [4.69, 9.17) is 0 Å². The highest BCUT2D eigenvalue weighted by atomic mass is 19.4. The molecule has 0 atom stereocenters. The highest BCUT2D eigenvalue weighted by Gasteiger charge is 2.95. The van der Waals surface area contributed by atoms with Gasteiger partial charge in [-0.1, -0.05) is 63.3 Å². The number of alkyl halides is 17. The first-order valence-electron chi connectivity index (χ1n) is 15.0. The Balaban J connectivity index is 1.70. The summed E-state index contributed by atoms with van der Waals surface area (Å²) in [6, 6.07) is 1.62. The smallest absolute Gasteiger partial charge is 0.194 e. The first-order chi connectivity index (χ1) is 21.2. The van der Waals surface area contributed by atoms with E-state index in [1.54, 1.807) is 0 Å². The van der Waals surface area contributed by atoms with Gasteiger partial charge in [-0.05, 0) is 67.8 Å². The summed E-state index contributed by atoms with van der Waals surface area (Å²) in [5.74, 6) is -54.2. The Morgan fingerprint density at radius 2 is 0.830 bits per heavy atom. The molecule has 0 aliphatic heterocycles. The number of aryl methyl sites for hydroxylation is 1. The van der Waals surface area contributed by atoms with E-state index in [0.29, 0.717) is 18.3 Å². The van der Waals surface area contributed by atoms with Crippen molar-refractivity contribution in [3.05, 3.63) is 35.4 Å². The van der Waals surface area contributed by atoms with Gasteiger partial charge in [0.05, 0.1) is 0 Å². The largest absolute Gasteiger partial charge is 0.460 e. The third kappa shape index (κ3) is 6.66. The predicted octanol–water partition coefficient (Wildman–Crippen LogP) is 12.1. The average Bonchev–Trinajstić information content (AvgIpc) is 2.99. The highest BCUT2D eigenvalue weighted by Crippen LogP contribution is 2.65. The van der Waals surface area contributed by atoms with Crippen LogP contribution in [0.1, 0.15) is 82.3 Å². The van der Waals surface area contributed by atoms with E-state index in [-0.39, 0.29) is 30.0 Å². The fraction of sp³-hybridized carbons (Fsp3) is 0.800. The Bertz CT molecular complexity index is 1170. The molecule has 2 aliphatic rings. The van der Waals surface area contributed by atoms with E-state index in [0.717, 1.165) is 50.2 Å². The van der Waals surface area contributed by atoms with Crippen LogP contribution < -0.4 is 0 Å². The van der Waals surface area contributed by atoms with Crippen LogP contribution in [0.15, 0.2) is 24.3 Å². The summed E-state index contributed by atoms with van der Waals surface area (Å²) in [6.07, 6.45) is 2.59. The van der Waals surface area contributed by atoms with Gasteiger partial charge in [0.15, 0.2) is 0 Å². The molecule has 0 nitrogen and oxygen atoms in total. The maximum absolute atomic E-state index is 14.6. The van der Waals surface area contributed by atoms with Crippen LogP contribution in [0.25, 0.3) is 0 Å². The minimum absolute atomic E-state index is 0.0750. The molecule has 2 saturated carbocycles. The van der Waals surface area contributed by atoms with Gasteiger partial charge in [-0.3, -0.25) is 0 Å². The van der Waals surface area contributed by atoms with Crippen LogP contribution in [0, 0.1) is 23.7 Å². The van der Waals surface area contributed by atoms with E-state index < -0.39 is 53.2 Å². The van der Waals surface area contributed by atoms with Crippen LogP contribution in [0.4, 0.5) is 74.6 Å². The standard InChI is InChI=1S/C30H33F17/c1-2-17-5-11-20(12-6-17)21-13-7-18(8-14-21)3-4-19-9-15-22(16-10-19)23(31,32)24(33,34)25(35,36)26(37,38)27(39,40)28(41,42)29(43,44)30(45,46)47/h9-10,15-18,20-21H,2-8,11-14H2,1H3. The zero-order valence-corrected chi connectivity index (χ0v) is 24.8. The molecule has 0 bridgehead atoms. The molecule has 2 fully saturated rings. The molecule has 0 aromatic heterocycles. The minimum Gasteiger partial charge on any atom is -0.194 e. The van der Waals surface area contributed by atoms with Gasteiger partial charge in [-0.25, -0.2) is 0 Å². The third-order valence-corrected chi connectivity index (χ3v) is 9.91. The number of benzene rings is 1. The Labute approximate surface area is 259 Å². The maximum atomic E-state index is 14.6. The lowest BCUT2D eigenvalue weighted by Crippen LogP contribution is -2.74. The quantitative estimate of drug-likeness (QED) is 0.189. The molecule has 0 saturated heterocycles. The normalized spacial score (nSPS) is 24.8. The van der Waals surface area contributed by atoms with Gasteiger partial charge >= 0.3 is 47.6 Å². The van der Waals surface area contributed by atoms with Gasteiger partial charge in [0.25, 0.3) is 0 Å². The number of halogens is 17. The van der Waals surface area contributed by atoms with E-state index in [9.17, 15) is 74.6 Å². The SMILES string of the molecule is CCC1CCC(C2CCC(CCc3ccc(C(F)(F)C(F)(F)C(F)(F)C(F)(F)C(F)(F)C(F)(F)C(F)(F)C(F)(F)F)cc3)CC2)CC1. The lowest BCUT2D eigenvalue weighted by Gasteiger charge is -2.42. The van der Waals surface area contributed by atoms with Crippen LogP contribution in [0.3, 0.4) is 0 Å². The molecule has 3 rings (SSSR count). The van der Waals surface area contributed by atoms with Crippen LogP contribution in [-0.4, -0.2) is 41.7 Å². The van der Waals surface area contributed by atoms with Gasteiger partial charge in [0.2, 0.25) is 0 Å². The Morgan fingerprint density at radius 1 is 0.468 bits per heavy atom. The molecule has 0 unspecified atom stereocenters. The van der Waals surface area contributed by atoms with Crippen molar-refractivity contribution in [2.24, 2.45) is 23.7 Å². The molecular weight excluding hydrogens is 683 g/mol. The minimum atomic E-state index is -8.63. The predicted molar refractivity (Wildman–Crippen MR) is 136 cm³/mol. The molecule has 0 N–H and O–H groups in total. The number of rotatable bonds is 12. The molecule has 0 amide bonds. The highest BCUT2D eigenvalue weighted by molar-refractivity contribution is 5.30. The van der Waals surface area contributed by atoms with Gasteiger partial charge in [-0.2, -0.15) is 74.6 Å². The second kappa shape index (κ2) is 13.1.